The van der Waals surface area contributed by atoms with E-state index >= 15 is 0 Å². The number of H-pyrrole nitrogens is 1. The third-order valence-electron chi connectivity index (χ3n) is 2.71. The number of nitrogens with two attached hydrogens (primary N) is 1. The van der Waals surface area contributed by atoms with Gasteiger partial charge in [-0.3, -0.25) is 4.90 Å². The maximum Gasteiger partial charge on any atom is 0.0922 e. The van der Waals surface area contributed by atoms with Gasteiger partial charge in [0.15, 0.2) is 0 Å². The highest BCUT2D eigenvalue weighted by Crippen LogP contribution is 2.10. The van der Waals surface area contributed by atoms with Gasteiger partial charge >= 0.3 is 0 Å². The Kier molecular flexibility index (Phi) is 3.35. The molecule has 0 radical (unpaired) electrons. The van der Waals surface area contributed by atoms with Crippen molar-refractivity contribution in [2.75, 3.05) is 19.7 Å². The minimum Gasteiger partial charge on any atom is -0.374 e. The average molecular weight is 210 g/mol. The lowest BCUT2D eigenvalue weighted by atomic mass is 10.1. The molecule has 1 fully saturated rings. The molecule has 1 aliphatic rings. The van der Waals surface area contributed by atoms with Gasteiger partial charge in [0.05, 0.1) is 19.0 Å². The highest BCUT2D eigenvalue weighted by atomic mass is 16.5. The largest absolute Gasteiger partial charge is 0.374 e. The summed E-state index contributed by atoms with van der Waals surface area (Å²) < 4.78 is 5.60. The van der Waals surface area contributed by atoms with Crippen LogP contribution in [0.3, 0.4) is 0 Å². The summed E-state index contributed by atoms with van der Waals surface area (Å²) in [5, 5.41) is 0. The zero-order valence-corrected chi connectivity index (χ0v) is 9.02. The summed E-state index contributed by atoms with van der Waals surface area (Å²) in [4.78, 5) is 9.45. The Labute approximate surface area is 89.6 Å². The minimum absolute atomic E-state index is 0.0922. The zero-order valence-electron chi connectivity index (χ0n) is 9.02. The SMILES string of the molecule is CC(N)C1CN(Cc2cnc[nH]2)CCO1. The second kappa shape index (κ2) is 4.74. The number of rotatable bonds is 3. The van der Waals surface area contributed by atoms with E-state index in [0.29, 0.717) is 0 Å². The first-order chi connectivity index (χ1) is 7.25. The molecule has 2 heterocycles. The van der Waals surface area contributed by atoms with Crippen LogP contribution in [-0.2, 0) is 11.3 Å². The summed E-state index contributed by atoms with van der Waals surface area (Å²) in [6.45, 7) is 5.51. The number of nitrogens with one attached hydrogen (secondary N) is 1. The molecular weight excluding hydrogens is 192 g/mol. The molecule has 15 heavy (non-hydrogen) atoms. The van der Waals surface area contributed by atoms with Crippen molar-refractivity contribution in [3.63, 3.8) is 0 Å². The lowest BCUT2D eigenvalue weighted by Crippen LogP contribution is -2.49. The van der Waals surface area contributed by atoms with Gasteiger partial charge in [-0.2, -0.15) is 0 Å². The fourth-order valence-corrected chi connectivity index (χ4v) is 1.81. The molecule has 84 valence electrons. The predicted octanol–water partition coefficient (Wildman–Crippen LogP) is -0.0423. The number of aromatic amines is 1. The first kappa shape index (κ1) is 10.6. The van der Waals surface area contributed by atoms with E-state index in [-0.39, 0.29) is 12.1 Å². The van der Waals surface area contributed by atoms with E-state index in [4.69, 9.17) is 10.5 Å². The van der Waals surface area contributed by atoms with Crippen molar-refractivity contribution >= 4 is 0 Å². The third kappa shape index (κ3) is 2.77. The summed E-state index contributed by atoms with van der Waals surface area (Å²) in [6, 6.07) is 0.0922. The molecule has 5 heteroatoms. The topological polar surface area (TPSA) is 67.2 Å². The van der Waals surface area contributed by atoms with Crippen LogP contribution >= 0.6 is 0 Å². The number of imidazole rings is 1. The molecule has 1 aromatic rings. The second-order valence-corrected chi connectivity index (χ2v) is 4.08. The van der Waals surface area contributed by atoms with Crippen LogP contribution in [0.2, 0.25) is 0 Å². The summed E-state index contributed by atoms with van der Waals surface area (Å²) in [5.74, 6) is 0. The molecule has 2 atom stereocenters. The molecule has 0 amide bonds. The van der Waals surface area contributed by atoms with Gasteiger partial charge in [0, 0.05) is 37.6 Å². The number of ether oxygens (including phenoxy) is 1. The summed E-state index contributed by atoms with van der Waals surface area (Å²) >= 11 is 0. The third-order valence-corrected chi connectivity index (χ3v) is 2.71. The van der Waals surface area contributed by atoms with Gasteiger partial charge in [0.25, 0.3) is 0 Å². The number of morpholine rings is 1. The summed E-state index contributed by atoms with van der Waals surface area (Å²) in [5.41, 5.74) is 6.97. The monoisotopic (exact) mass is 210 g/mol. The Hall–Kier alpha value is -0.910. The Morgan fingerprint density at radius 1 is 1.80 bits per heavy atom. The van der Waals surface area contributed by atoms with Gasteiger partial charge in [-0.05, 0) is 6.92 Å². The Balaban J connectivity index is 1.88. The summed E-state index contributed by atoms with van der Waals surface area (Å²) in [7, 11) is 0. The van der Waals surface area contributed by atoms with E-state index in [0.717, 1.165) is 31.9 Å². The van der Waals surface area contributed by atoms with E-state index in [9.17, 15) is 0 Å². The Morgan fingerprint density at radius 3 is 3.33 bits per heavy atom. The van der Waals surface area contributed by atoms with Crippen LogP contribution < -0.4 is 5.73 Å². The molecule has 2 unspecified atom stereocenters. The number of aromatic nitrogens is 2. The molecule has 3 N–H and O–H groups in total. The zero-order chi connectivity index (χ0) is 10.7. The molecule has 1 aromatic heterocycles. The molecule has 0 bridgehead atoms. The fourth-order valence-electron chi connectivity index (χ4n) is 1.81. The van der Waals surface area contributed by atoms with Gasteiger partial charge in [-0.25, -0.2) is 4.98 Å². The van der Waals surface area contributed by atoms with Gasteiger partial charge < -0.3 is 15.5 Å². The van der Waals surface area contributed by atoms with Crippen LogP contribution in [0.5, 0.6) is 0 Å². The second-order valence-electron chi connectivity index (χ2n) is 4.08. The number of nitrogens with zero attached hydrogens (tertiary/aromatic N) is 2. The molecule has 2 rings (SSSR count). The van der Waals surface area contributed by atoms with Crippen molar-refractivity contribution in [3.8, 4) is 0 Å². The van der Waals surface area contributed by atoms with Crippen molar-refractivity contribution in [2.45, 2.75) is 25.6 Å². The first-order valence-electron chi connectivity index (χ1n) is 5.32. The smallest absolute Gasteiger partial charge is 0.0922 e. The van der Waals surface area contributed by atoms with Crippen molar-refractivity contribution in [1.29, 1.82) is 0 Å². The maximum absolute atomic E-state index is 5.83. The van der Waals surface area contributed by atoms with Crippen LogP contribution in [0.4, 0.5) is 0 Å². The van der Waals surface area contributed by atoms with Crippen LogP contribution in [-0.4, -0.2) is 46.7 Å². The molecule has 0 saturated carbocycles. The number of hydrogen-bond donors (Lipinski definition) is 2. The maximum atomic E-state index is 5.83. The molecule has 1 aliphatic heterocycles. The highest BCUT2D eigenvalue weighted by Gasteiger charge is 2.23. The van der Waals surface area contributed by atoms with E-state index in [2.05, 4.69) is 14.9 Å². The Bertz CT molecular complexity index is 286. The van der Waals surface area contributed by atoms with Crippen LogP contribution in [0.15, 0.2) is 12.5 Å². The van der Waals surface area contributed by atoms with Crippen molar-refractivity contribution in [2.24, 2.45) is 5.73 Å². The molecule has 1 saturated heterocycles. The van der Waals surface area contributed by atoms with Gasteiger partial charge in [0.2, 0.25) is 0 Å². The lowest BCUT2D eigenvalue weighted by molar-refractivity contribution is -0.0406. The van der Waals surface area contributed by atoms with E-state index in [1.807, 2.05) is 13.1 Å². The van der Waals surface area contributed by atoms with Gasteiger partial charge in [0.1, 0.15) is 0 Å². The summed E-state index contributed by atoms with van der Waals surface area (Å²) in [6.07, 6.45) is 3.72. The van der Waals surface area contributed by atoms with Crippen molar-refractivity contribution < 1.29 is 4.74 Å². The highest BCUT2D eigenvalue weighted by molar-refractivity contribution is 4.94. The molecule has 0 aliphatic carbocycles. The van der Waals surface area contributed by atoms with Crippen LogP contribution in [0.1, 0.15) is 12.6 Å². The standard InChI is InChI=1S/C10H18N4O/c1-8(11)10-6-14(2-3-15-10)5-9-4-12-7-13-9/h4,7-8,10H,2-3,5-6,11H2,1H3,(H,12,13). The Morgan fingerprint density at radius 2 is 2.67 bits per heavy atom. The molecule has 0 spiro atoms. The van der Waals surface area contributed by atoms with Crippen molar-refractivity contribution in [1.82, 2.24) is 14.9 Å². The lowest BCUT2D eigenvalue weighted by Gasteiger charge is -2.34. The molecule has 5 nitrogen and oxygen atoms in total. The minimum atomic E-state index is 0.0922. The number of hydrogen-bond acceptors (Lipinski definition) is 4. The predicted molar refractivity (Wildman–Crippen MR) is 57.3 cm³/mol. The van der Waals surface area contributed by atoms with Crippen LogP contribution in [0, 0.1) is 0 Å². The molecular formula is C10H18N4O. The van der Waals surface area contributed by atoms with E-state index in [1.54, 1.807) is 6.33 Å². The van der Waals surface area contributed by atoms with E-state index < -0.39 is 0 Å². The normalized spacial score (nSPS) is 25.3. The van der Waals surface area contributed by atoms with Crippen molar-refractivity contribution in [3.05, 3.63) is 18.2 Å². The van der Waals surface area contributed by atoms with Gasteiger partial charge in [-0.1, -0.05) is 0 Å². The quantitative estimate of drug-likeness (QED) is 0.734. The average Bonchev–Trinajstić information content (AvgIpc) is 2.71. The van der Waals surface area contributed by atoms with E-state index in [1.165, 1.54) is 0 Å². The molecule has 0 aromatic carbocycles. The van der Waals surface area contributed by atoms with Crippen LogP contribution in [0.25, 0.3) is 0 Å². The van der Waals surface area contributed by atoms with Gasteiger partial charge in [-0.15, -0.1) is 0 Å². The first-order valence-corrected chi connectivity index (χ1v) is 5.32. The fraction of sp³-hybridized carbons (Fsp3) is 0.700.